The first-order chi connectivity index (χ1) is 9.18. The van der Waals surface area contributed by atoms with Gasteiger partial charge in [-0.3, -0.25) is 10.1 Å². The van der Waals surface area contributed by atoms with Gasteiger partial charge in [-0.2, -0.15) is 0 Å². The van der Waals surface area contributed by atoms with Crippen molar-refractivity contribution in [3.05, 3.63) is 75.8 Å². The molecule has 0 spiro atoms. The van der Waals surface area contributed by atoms with Gasteiger partial charge in [-0.15, -0.1) is 0 Å². The van der Waals surface area contributed by atoms with Crippen LogP contribution in [0, 0.1) is 10.1 Å². The first-order valence-corrected chi connectivity index (χ1v) is 5.75. The van der Waals surface area contributed by atoms with Crippen molar-refractivity contribution in [2.24, 2.45) is 0 Å². The molecule has 1 atom stereocenters. The molecule has 5 heteroatoms. The first-order valence-electron chi connectivity index (χ1n) is 5.75. The number of rotatable bonds is 5. The summed E-state index contributed by atoms with van der Waals surface area (Å²) in [7, 11) is 0. The molecule has 0 bridgehead atoms. The second-order valence-electron chi connectivity index (χ2n) is 3.99. The van der Waals surface area contributed by atoms with Crippen LogP contribution in [0.4, 0.5) is 0 Å². The third kappa shape index (κ3) is 3.29. The summed E-state index contributed by atoms with van der Waals surface area (Å²) in [5.74, 6) is 0.0673. The number of para-hydroxylation sites is 1. The second kappa shape index (κ2) is 5.97. The molecule has 2 aromatic rings. The summed E-state index contributed by atoms with van der Waals surface area (Å²) in [6, 6.07) is 15.1. The number of ether oxygens (including phenoxy) is 1. The van der Waals surface area contributed by atoms with Crippen LogP contribution in [0.2, 0.25) is 0 Å². The molecule has 98 valence electrons. The Morgan fingerprint density at radius 1 is 1.11 bits per heavy atom. The maximum absolute atomic E-state index is 11.0. The van der Waals surface area contributed by atoms with Gasteiger partial charge >= 0.3 is 6.23 Å². The Labute approximate surface area is 110 Å². The second-order valence-corrected chi connectivity index (χ2v) is 3.99. The molecule has 0 saturated carbocycles. The highest BCUT2D eigenvalue weighted by Crippen LogP contribution is 2.22. The summed E-state index contributed by atoms with van der Waals surface area (Å²) in [5.41, 5.74) is 0.994. The summed E-state index contributed by atoms with van der Waals surface area (Å²) >= 11 is 0. The van der Waals surface area contributed by atoms with Crippen molar-refractivity contribution in [2.45, 2.75) is 12.8 Å². The Hall–Kier alpha value is -2.40. The average molecular weight is 259 g/mol. The molecule has 0 saturated heterocycles. The van der Waals surface area contributed by atoms with Crippen LogP contribution >= 0.6 is 0 Å². The van der Waals surface area contributed by atoms with Crippen LogP contribution in [0.1, 0.15) is 17.4 Å². The lowest BCUT2D eigenvalue weighted by atomic mass is 10.2. The lowest BCUT2D eigenvalue weighted by Gasteiger charge is -2.11. The predicted molar refractivity (Wildman–Crippen MR) is 69.1 cm³/mol. The molecule has 1 N–H and O–H groups in total. The van der Waals surface area contributed by atoms with E-state index in [4.69, 9.17) is 4.74 Å². The zero-order chi connectivity index (χ0) is 13.7. The molecule has 0 aliphatic heterocycles. The van der Waals surface area contributed by atoms with Gasteiger partial charge in [-0.05, 0) is 18.2 Å². The summed E-state index contributed by atoms with van der Waals surface area (Å²) < 4.78 is 5.30. The van der Waals surface area contributed by atoms with Crippen LogP contribution in [0.3, 0.4) is 0 Å². The molecule has 0 amide bonds. The van der Waals surface area contributed by atoms with Crippen LogP contribution in [0.5, 0.6) is 5.75 Å². The SMILES string of the molecule is O=[N+]([O-])C(OCc1ccccc1O)c1ccccc1. The van der Waals surface area contributed by atoms with E-state index in [-0.39, 0.29) is 12.4 Å². The molecule has 0 heterocycles. The fourth-order valence-corrected chi connectivity index (χ4v) is 1.70. The Kier molecular flexibility index (Phi) is 4.10. The fourth-order valence-electron chi connectivity index (χ4n) is 1.70. The van der Waals surface area contributed by atoms with E-state index < -0.39 is 11.2 Å². The molecule has 2 rings (SSSR count). The topological polar surface area (TPSA) is 72.6 Å². The molecule has 19 heavy (non-hydrogen) atoms. The van der Waals surface area contributed by atoms with Gasteiger partial charge in [-0.25, -0.2) is 0 Å². The van der Waals surface area contributed by atoms with Gasteiger partial charge in [0.1, 0.15) is 5.75 Å². The van der Waals surface area contributed by atoms with Crippen LogP contribution in [0.15, 0.2) is 54.6 Å². The van der Waals surface area contributed by atoms with Crippen molar-refractivity contribution < 1.29 is 14.8 Å². The number of nitro groups is 1. The van der Waals surface area contributed by atoms with Gasteiger partial charge in [0.05, 0.1) is 17.1 Å². The normalized spacial score (nSPS) is 12.0. The van der Waals surface area contributed by atoms with E-state index in [9.17, 15) is 15.2 Å². The van der Waals surface area contributed by atoms with E-state index in [2.05, 4.69) is 0 Å². The van der Waals surface area contributed by atoms with Gasteiger partial charge in [-0.1, -0.05) is 36.4 Å². The average Bonchev–Trinajstić information content (AvgIpc) is 2.42. The summed E-state index contributed by atoms with van der Waals surface area (Å²) in [6.07, 6.45) is -1.24. The van der Waals surface area contributed by atoms with Crippen LogP contribution in [0.25, 0.3) is 0 Å². The number of nitrogens with zero attached hydrogens (tertiary/aromatic N) is 1. The number of phenolic OH excluding ortho intramolecular Hbond substituents is 1. The number of phenols is 1. The third-order valence-electron chi connectivity index (χ3n) is 2.66. The molecule has 2 aromatic carbocycles. The predicted octanol–water partition coefficient (Wildman–Crippen LogP) is 2.88. The third-order valence-corrected chi connectivity index (χ3v) is 2.66. The minimum Gasteiger partial charge on any atom is -0.508 e. The summed E-state index contributed by atoms with van der Waals surface area (Å²) in [4.78, 5) is 10.5. The van der Waals surface area contributed by atoms with E-state index in [1.54, 1.807) is 48.5 Å². The van der Waals surface area contributed by atoms with Gasteiger partial charge in [0.15, 0.2) is 0 Å². The van der Waals surface area contributed by atoms with Crippen LogP contribution in [-0.2, 0) is 11.3 Å². The van der Waals surface area contributed by atoms with Gasteiger partial charge < -0.3 is 9.84 Å². The molecule has 0 aromatic heterocycles. The molecule has 0 radical (unpaired) electrons. The Bertz CT molecular complexity index is 556. The Morgan fingerprint density at radius 2 is 1.74 bits per heavy atom. The molecule has 5 nitrogen and oxygen atoms in total. The van der Waals surface area contributed by atoms with Crippen LogP contribution < -0.4 is 0 Å². The Morgan fingerprint density at radius 3 is 2.37 bits per heavy atom. The minimum atomic E-state index is -1.24. The molecule has 0 aliphatic carbocycles. The van der Waals surface area contributed by atoms with E-state index in [1.807, 2.05) is 0 Å². The number of hydrogen-bond acceptors (Lipinski definition) is 4. The number of benzene rings is 2. The van der Waals surface area contributed by atoms with Crippen molar-refractivity contribution >= 4 is 0 Å². The van der Waals surface area contributed by atoms with Gasteiger partial charge in [0.25, 0.3) is 0 Å². The lowest BCUT2D eigenvalue weighted by molar-refractivity contribution is -0.586. The highest BCUT2D eigenvalue weighted by atomic mass is 16.7. The van der Waals surface area contributed by atoms with E-state index in [0.29, 0.717) is 11.1 Å². The van der Waals surface area contributed by atoms with E-state index >= 15 is 0 Å². The van der Waals surface area contributed by atoms with Gasteiger partial charge in [0, 0.05) is 5.56 Å². The monoisotopic (exact) mass is 259 g/mol. The maximum Gasteiger partial charge on any atom is 0.342 e. The number of aromatic hydroxyl groups is 1. The molecule has 0 aliphatic rings. The maximum atomic E-state index is 11.0. The summed E-state index contributed by atoms with van der Waals surface area (Å²) in [5, 5.41) is 20.6. The van der Waals surface area contributed by atoms with Crippen LogP contribution in [-0.4, -0.2) is 10.0 Å². The zero-order valence-corrected chi connectivity index (χ0v) is 10.1. The van der Waals surface area contributed by atoms with Crippen molar-refractivity contribution in [2.75, 3.05) is 0 Å². The Balaban J connectivity index is 2.11. The highest BCUT2D eigenvalue weighted by Gasteiger charge is 2.23. The molecule has 0 fully saturated rings. The van der Waals surface area contributed by atoms with Crippen molar-refractivity contribution in [1.82, 2.24) is 0 Å². The molecule has 1 unspecified atom stereocenters. The lowest BCUT2D eigenvalue weighted by Crippen LogP contribution is -2.14. The van der Waals surface area contributed by atoms with Crippen molar-refractivity contribution in [1.29, 1.82) is 0 Å². The first kappa shape index (κ1) is 13.0. The van der Waals surface area contributed by atoms with E-state index in [0.717, 1.165) is 0 Å². The van der Waals surface area contributed by atoms with Gasteiger partial charge in [0.2, 0.25) is 0 Å². The zero-order valence-electron chi connectivity index (χ0n) is 10.1. The standard InChI is InChI=1S/C14H13NO4/c16-13-9-5-4-8-12(13)10-19-14(15(17)18)11-6-2-1-3-7-11/h1-9,14,16H,10H2. The van der Waals surface area contributed by atoms with Crippen molar-refractivity contribution in [3.63, 3.8) is 0 Å². The smallest absolute Gasteiger partial charge is 0.342 e. The number of hydrogen-bond donors (Lipinski definition) is 1. The van der Waals surface area contributed by atoms with E-state index in [1.165, 1.54) is 6.07 Å². The highest BCUT2D eigenvalue weighted by molar-refractivity contribution is 5.31. The van der Waals surface area contributed by atoms with Crippen molar-refractivity contribution in [3.8, 4) is 5.75 Å². The quantitative estimate of drug-likeness (QED) is 0.509. The fraction of sp³-hybridized carbons (Fsp3) is 0.143. The largest absolute Gasteiger partial charge is 0.508 e. The summed E-state index contributed by atoms with van der Waals surface area (Å²) in [6.45, 7) is -0.0206. The minimum absolute atomic E-state index is 0.0206. The molecular weight excluding hydrogens is 246 g/mol. The molecular formula is C14H13NO4.